The maximum Gasteiger partial charge on any atom is 0.119 e. The van der Waals surface area contributed by atoms with Crippen LogP contribution in [-0.2, 0) is 6.54 Å². The van der Waals surface area contributed by atoms with E-state index in [4.69, 9.17) is 4.74 Å². The van der Waals surface area contributed by atoms with E-state index in [2.05, 4.69) is 49.2 Å². The van der Waals surface area contributed by atoms with E-state index in [0.29, 0.717) is 0 Å². The molecule has 1 aromatic rings. The van der Waals surface area contributed by atoms with Gasteiger partial charge in [0.1, 0.15) is 5.75 Å². The van der Waals surface area contributed by atoms with E-state index in [1.54, 1.807) is 0 Å². The molecular formula is C16H26N2O. The highest BCUT2D eigenvalue weighted by Gasteiger charge is 2.25. The Balaban J connectivity index is 1.94. The minimum Gasteiger partial charge on any atom is -0.494 e. The number of nitrogens with one attached hydrogen (secondary N) is 1. The number of hydrogen-bond donors (Lipinski definition) is 1. The third kappa shape index (κ3) is 4.51. The summed E-state index contributed by atoms with van der Waals surface area (Å²) in [5, 5.41) is 3.55. The first kappa shape index (κ1) is 14.4. The molecule has 1 N–H and O–H groups in total. The lowest BCUT2D eigenvalue weighted by molar-refractivity contribution is 0.148. The van der Waals surface area contributed by atoms with Crippen LogP contribution in [0, 0.1) is 0 Å². The molecular weight excluding hydrogens is 236 g/mol. The second-order valence-electron chi connectivity index (χ2n) is 6.02. The lowest BCUT2D eigenvalue weighted by Crippen LogP contribution is -2.56. The lowest BCUT2D eigenvalue weighted by Gasteiger charge is -2.39. The topological polar surface area (TPSA) is 24.5 Å². The van der Waals surface area contributed by atoms with Gasteiger partial charge < -0.3 is 10.1 Å². The van der Waals surface area contributed by atoms with Crippen molar-refractivity contribution in [3.63, 3.8) is 0 Å². The van der Waals surface area contributed by atoms with Crippen LogP contribution in [-0.4, -0.2) is 36.7 Å². The fourth-order valence-electron chi connectivity index (χ4n) is 2.59. The van der Waals surface area contributed by atoms with Crippen LogP contribution in [0.1, 0.15) is 32.8 Å². The summed E-state index contributed by atoms with van der Waals surface area (Å²) in [6, 6.07) is 8.49. The van der Waals surface area contributed by atoms with Gasteiger partial charge in [0.25, 0.3) is 0 Å². The summed E-state index contributed by atoms with van der Waals surface area (Å²) in [6.45, 7) is 11.7. The first-order valence-corrected chi connectivity index (χ1v) is 7.28. The summed E-state index contributed by atoms with van der Waals surface area (Å²) in [5.74, 6) is 0.994. The number of nitrogens with zero attached hydrogens (tertiary/aromatic N) is 1. The molecule has 3 nitrogen and oxygen atoms in total. The van der Waals surface area contributed by atoms with Crippen molar-refractivity contribution >= 4 is 0 Å². The van der Waals surface area contributed by atoms with Gasteiger partial charge in [-0.2, -0.15) is 0 Å². The lowest BCUT2D eigenvalue weighted by atomic mass is 10.0. The van der Waals surface area contributed by atoms with Gasteiger partial charge in [-0.25, -0.2) is 0 Å². The molecule has 0 unspecified atom stereocenters. The molecule has 3 heteroatoms. The quantitative estimate of drug-likeness (QED) is 0.883. The minimum atomic E-state index is 0.217. The minimum absolute atomic E-state index is 0.217. The Labute approximate surface area is 116 Å². The third-order valence-electron chi connectivity index (χ3n) is 3.43. The molecule has 106 valence electrons. The Morgan fingerprint density at radius 3 is 2.95 bits per heavy atom. The zero-order valence-electron chi connectivity index (χ0n) is 12.4. The fourth-order valence-corrected chi connectivity index (χ4v) is 2.59. The van der Waals surface area contributed by atoms with Crippen molar-refractivity contribution in [2.24, 2.45) is 0 Å². The van der Waals surface area contributed by atoms with Crippen LogP contribution in [0.5, 0.6) is 5.75 Å². The van der Waals surface area contributed by atoms with Gasteiger partial charge >= 0.3 is 0 Å². The van der Waals surface area contributed by atoms with E-state index < -0.39 is 0 Å². The normalized spacial score (nSPS) is 19.3. The highest BCUT2D eigenvalue weighted by atomic mass is 16.5. The van der Waals surface area contributed by atoms with Crippen LogP contribution in [0.25, 0.3) is 0 Å². The summed E-state index contributed by atoms with van der Waals surface area (Å²) in [4.78, 5) is 2.51. The Kier molecular flexibility index (Phi) is 4.83. The summed E-state index contributed by atoms with van der Waals surface area (Å²) in [7, 11) is 0. The van der Waals surface area contributed by atoms with Gasteiger partial charge in [-0.05, 0) is 38.0 Å². The highest BCUT2D eigenvalue weighted by molar-refractivity contribution is 5.28. The molecule has 0 radical (unpaired) electrons. The smallest absolute Gasteiger partial charge is 0.119 e. The average Bonchev–Trinajstić information content (AvgIpc) is 2.35. The second kappa shape index (κ2) is 6.40. The largest absolute Gasteiger partial charge is 0.494 e. The van der Waals surface area contributed by atoms with Crippen molar-refractivity contribution in [3.8, 4) is 5.75 Å². The molecule has 1 aliphatic heterocycles. The third-order valence-corrected chi connectivity index (χ3v) is 3.43. The average molecular weight is 262 g/mol. The van der Waals surface area contributed by atoms with E-state index >= 15 is 0 Å². The van der Waals surface area contributed by atoms with Gasteiger partial charge in [0.15, 0.2) is 0 Å². The van der Waals surface area contributed by atoms with Crippen LogP contribution in [0.2, 0.25) is 0 Å². The van der Waals surface area contributed by atoms with E-state index in [0.717, 1.165) is 45.0 Å². The molecule has 1 fully saturated rings. The van der Waals surface area contributed by atoms with Crippen LogP contribution in [0.4, 0.5) is 0 Å². The van der Waals surface area contributed by atoms with Crippen LogP contribution in [0.15, 0.2) is 24.3 Å². The summed E-state index contributed by atoms with van der Waals surface area (Å²) < 4.78 is 5.70. The first-order chi connectivity index (χ1) is 9.09. The van der Waals surface area contributed by atoms with Gasteiger partial charge in [0.05, 0.1) is 6.61 Å². The molecule has 1 aromatic carbocycles. The molecule has 2 rings (SSSR count). The molecule has 19 heavy (non-hydrogen) atoms. The molecule has 1 heterocycles. The predicted molar refractivity (Wildman–Crippen MR) is 79.6 cm³/mol. The monoisotopic (exact) mass is 262 g/mol. The SMILES string of the molecule is CCCOc1cccc(CN2CCNC(C)(C)C2)c1. The van der Waals surface area contributed by atoms with Gasteiger partial charge in [0, 0.05) is 31.7 Å². The Bertz CT molecular complexity index is 403. The van der Waals surface area contributed by atoms with Gasteiger partial charge in [-0.15, -0.1) is 0 Å². The highest BCUT2D eigenvalue weighted by Crippen LogP contribution is 2.17. The molecule has 0 saturated carbocycles. The van der Waals surface area contributed by atoms with E-state index in [-0.39, 0.29) is 5.54 Å². The maximum absolute atomic E-state index is 5.70. The van der Waals surface area contributed by atoms with Gasteiger partial charge in [0.2, 0.25) is 0 Å². The molecule has 1 aliphatic rings. The Morgan fingerprint density at radius 1 is 1.37 bits per heavy atom. The number of hydrogen-bond acceptors (Lipinski definition) is 3. The van der Waals surface area contributed by atoms with Gasteiger partial charge in [-0.1, -0.05) is 19.1 Å². The number of benzene rings is 1. The molecule has 0 spiro atoms. The molecule has 0 amide bonds. The van der Waals surface area contributed by atoms with E-state index in [1.165, 1.54) is 5.56 Å². The zero-order chi connectivity index (χ0) is 13.7. The first-order valence-electron chi connectivity index (χ1n) is 7.28. The molecule has 0 aliphatic carbocycles. The predicted octanol–water partition coefficient (Wildman–Crippen LogP) is 2.66. The second-order valence-corrected chi connectivity index (χ2v) is 6.02. The zero-order valence-corrected chi connectivity index (χ0v) is 12.4. The van der Waals surface area contributed by atoms with Crippen LogP contribution < -0.4 is 10.1 Å². The maximum atomic E-state index is 5.70. The van der Waals surface area contributed by atoms with Crippen molar-refractivity contribution < 1.29 is 4.74 Å². The standard InChI is InChI=1S/C16H26N2O/c1-4-10-19-15-7-5-6-14(11-15)12-18-9-8-17-16(2,3)13-18/h5-7,11,17H,4,8-10,12-13H2,1-3H3. The number of rotatable bonds is 5. The van der Waals surface area contributed by atoms with Crippen LogP contribution >= 0.6 is 0 Å². The van der Waals surface area contributed by atoms with Crippen molar-refractivity contribution in [1.29, 1.82) is 0 Å². The molecule has 0 atom stereocenters. The summed E-state index contributed by atoms with van der Waals surface area (Å²) in [5.41, 5.74) is 1.56. The van der Waals surface area contributed by atoms with E-state index in [9.17, 15) is 0 Å². The van der Waals surface area contributed by atoms with Crippen molar-refractivity contribution in [2.75, 3.05) is 26.2 Å². The molecule has 0 aromatic heterocycles. The Morgan fingerprint density at radius 2 is 2.21 bits per heavy atom. The van der Waals surface area contributed by atoms with Gasteiger partial charge in [-0.3, -0.25) is 4.90 Å². The van der Waals surface area contributed by atoms with E-state index in [1.807, 2.05) is 6.07 Å². The Hall–Kier alpha value is -1.06. The number of ether oxygens (including phenoxy) is 1. The van der Waals surface area contributed by atoms with Crippen molar-refractivity contribution in [1.82, 2.24) is 10.2 Å². The van der Waals surface area contributed by atoms with Crippen molar-refractivity contribution in [2.45, 2.75) is 39.3 Å². The van der Waals surface area contributed by atoms with Crippen molar-refractivity contribution in [3.05, 3.63) is 29.8 Å². The fraction of sp³-hybridized carbons (Fsp3) is 0.625. The van der Waals surface area contributed by atoms with Crippen LogP contribution in [0.3, 0.4) is 0 Å². The number of piperazine rings is 1. The molecule has 1 saturated heterocycles. The summed E-state index contributed by atoms with van der Waals surface area (Å²) >= 11 is 0. The summed E-state index contributed by atoms with van der Waals surface area (Å²) in [6.07, 6.45) is 1.05. The molecule has 0 bridgehead atoms.